The third-order valence-electron chi connectivity index (χ3n) is 2.60. The van der Waals surface area contributed by atoms with E-state index in [1.54, 1.807) is 24.0 Å². The Morgan fingerprint density at radius 3 is 2.32 bits per heavy atom. The first-order chi connectivity index (χ1) is 9.00. The summed E-state index contributed by atoms with van der Waals surface area (Å²) in [4.78, 5) is 2.47. The summed E-state index contributed by atoms with van der Waals surface area (Å²) in [5, 5.41) is 6.23. The van der Waals surface area contributed by atoms with Crippen LogP contribution in [0.2, 0.25) is 0 Å². The third kappa shape index (κ3) is 2.67. The van der Waals surface area contributed by atoms with Gasteiger partial charge in [-0.3, -0.25) is 4.68 Å². The first-order valence-corrected chi connectivity index (χ1v) is 5.41. The van der Waals surface area contributed by atoms with Crippen LogP contribution in [0.25, 0.3) is 0 Å². The van der Waals surface area contributed by atoms with Crippen molar-refractivity contribution < 1.29 is 17.6 Å². The van der Waals surface area contributed by atoms with E-state index in [2.05, 4.69) is 15.4 Å². The maximum Gasteiger partial charge on any atom is 0.253 e. The van der Waals surface area contributed by atoms with E-state index >= 15 is 0 Å². The molecule has 0 aliphatic heterocycles. The number of aryl methyl sites for hydroxylation is 1. The Bertz CT molecular complexity index is 570. The highest BCUT2D eigenvalue weighted by Gasteiger charge is 2.20. The lowest BCUT2D eigenvalue weighted by Crippen LogP contribution is -2.13. The van der Waals surface area contributed by atoms with Crippen molar-refractivity contribution in [3.63, 3.8) is 0 Å². The molecule has 0 radical (unpaired) electrons. The van der Waals surface area contributed by atoms with Crippen LogP contribution in [0.3, 0.4) is 0 Å². The molecule has 2 rings (SSSR count). The topological polar surface area (TPSA) is 42.7 Å². The fourth-order valence-electron chi connectivity index (χ4n) is 1.60. The molecule has 0 aliphatic rings. The van der Waals surface area contributed by atoms with E-state index < -0.39 is 29.2 Å². The molecular weight excluding hydrogens is 264 g/mol. The molecule has 4 nitrogen and oxygen atoms in total. The van der Waals surface area contributed by atoms with Gasteiger partial charge in [0, 0.05) is 31.9 Å². The molecule has 8 heteroatoms. The van der Waals surface area contributed by atoms with Crippen LogP contribution in [0.1, 0.15) is 5.69 Å². The summed E-state index contributed by atoms with van der Waals surface area (Å²) in [6, 6.07) is 1.72. The fraction of sp³-hybridized carbons (Fsp3) is 0.273. The van der Waals surface area contributed by atoms with Crippen LogP contribution in [0.4, 0.5) is 23.2 Å². The monoisotopic (exact) mass is 274 g/mol. The number of pyridine rings is 1. The van der Waals surface area contributed by atoms with Gasteiger partial charge in [-0.15, -0.1) is 0 Å². The number of nitrogens with one attached hydrogen (secondary N) is 1. The van der Waals surface area contributed by atoms with E-state index in [-0.39, 0.29) is 6.54 Å². The summed E-state index contributed by atoms with van der Waals surface area (Å²) in [7, 11) is 1.71. The van der Waals surface area contributed by atoms with E-state index in [9.17, 15) is 17.6 Å². The van der Waals surface area contributed by atoms with Crippen LogP contribution in [0.5, 0.6) is 0 Å². The Labute approximate surface area is 106 Å². The minimum atomic E-state index is -1.68. The number of nitrogens with zero attached hydrogens (tertiary/aromatic N) is 3. The largest absolute Gasteiger partial charge is 0.380 e. The van der Waals surface area contributed by atoms with Crippen LogP contribution in [0, 0.1) is 23.5 Å². The molecule has 0 aromatic carbocycles. The van der Waals surface area contributed by atoms with Crippen molar-refractivity contribution in [2.24, 2.45) is 7.05 Å². The van der Waals surface area contributed by atoms with Crippen LogP contribution in [-0.4, -0.2) is 21.3 Å². The second kappa shape index (κ2) is 5.25. The molecule has 0 saturated heterocycles. The number of hydrogen-bond donors (Lipinski definition) is 1. The molecule has 0 unspecified atom stereocenters. The van der Waals surface area contributed by atoms with Gasteiger partial charge in [0.1, 0.15) is 5.69 Å². The fourth-order valence-corrected chi connectivity index (χ4v) is 1.60. The molecule has 1 N–H and O–H groups in total. The Balaban J connectivity index is 2.10. The number of anilines is 1. The zero-order valence-electron chi connectivity index (χ0n) is 9.92. The van der Waals surface area contributed by atoms with Gasteiger partial charge in [-0.1, -0.05) is 0 Å². The maximum absolute atomic E-state index is 13.3. The zero-order chi connectivity index (χ0) is 14.0. The van der Waals surface area contributed by atoms with Gasteiger partial charge < -0.3 is 5.32 Å². The van der Waals surface area contributed by atoms with Gasteiger partial charge in [0.25, 0.3) is 11.9 Å². The molecule has 2 aromatic heterocycles. The van der Waals surface area contributed by atoms with Gasteiger partial charge in [0.2, 0.25) is 11.6 Å². The van der Waals surface area contributed by atoms with E-state index in [0.29, 0.717) is 6.42 Å². The summed E-state index contributed by atoms with van der Waals surface area (Å²) < 4.78 is 53.8. The van der Waals surface area contributed by atoms with E-state index in [1.165, 1.54) is 0 Å². The predicted molar refractivity (Wildman–Crippen MR) is 59.5 cm³/mol. The molecule has 0 saturated carbocycles. The molecule has 2 heterocycles. The molecular formula is C11H10F4N4. The third-order valence-corrected chi connectivity index (χ3v) is 2.60. The van der Waals surface area contributed by atoms with Crippen molar-refractivity contribution in [2.75, 3.05) is 11.9 Å². The maximum atomic E-state index is 13.3. The van der Waals surface area contributed by atoms with Crippen molar-refractivity contribution in [1.29, 1.82) is 0 Å². The van der Waals surface area contributed by atoms with Gasteiger partial charge in [0.15, 0.2) is 0 Å². The first kappa shape index (κ1) is 13.3. The van der Waals surface area contributed by atoms with Gasteiger partial charge in [-0.25, -0.2) is 0 Å². The summed E-state index contributed by atoms with van der Waals surface area (Å²) in [5.74, 6) is -6.43. The van der Waals surface area contributed by atoms with Gasteiger partial charge in [-0.05, 0) is 6.07 Å². The number of halogens is 4. The van der Waals surface area contributed by atoms with Crippen LogP contribution in [0.15, 0.2) is 12.3 Å². The number of hydrogen-bond acceptors (Lipinski definition) is 3. The predicted octanol–water partition coefficient (Wildman–Crippen LogP) is 2.03. The second-order valence-corrected chi connectivity index (χ2v) is 3.82. The molecule has 19 heavy (non-hydrogen) atoms. The molecule has 0 spiro atoms. The van der Waals surface area contributed by atoms with Crippen LogP contribution >= 0.6 is 0 Å². The van der Waals surface area contributed by atoms with Crippen molar-refractivity contribution in [3.05, 3.63) is 41.5 Å². The number of aromatic nitrogens is 3. The van der Waals surface area contributed by atoms with E-state index in [0.717, 1.165) is 5.69 Å². The van der Waals surface area contributed by atoms with Gasteiger partial charge in [0.05, 0.1) is 0 Å². The van der Waals surface area contributed by atoms with E-state index in [1.807, 2.05) is 0 Å². The molecule has 2 aromatic rings. The average molecular weight is 274 g/mol. The van der Waals surface area contributed by atoms with E-state index in [4.69, 9.17) is 0 Å². The molecule has 0 fully saturated rings. The Morgan fingerprint density at radius 2 is 1.79 bits per heavy atom. The second-order valence-electron chi connectivity index (χ2n) is 3.82. The van der Waals surface area contributed by atoms with Crippen molar-refractivity contribution in [2.45, 2.75) is 6.42 Å². The van der Waals surface area contributed by atoms with Crippen LogP contribution < -0.4 is 5.32 Å². The summed E-state index contributed by atoms with van der Waals surface area (Å²) in [6.45, 7) is 0.0935. The van der Waals surface area contributed by atoms with Gasteiger partial charge >= 0.3 is 0 Å². The Morgan fingerprint density at radius 1 is 1.16 bits per heavy atom. The SMILES string of the molecule is Cn1nccc1CCNc1c(F)c(F)nc(F)c1F. The zero-order valence-corrected chi connectivity index (χ0v) is 9.92. The number of rotatable bonds is 4. The molecule has 0 amide bonds. The van der Waals surface area contributed by atoms with Gasteiger partial charge in [-0.2, -0.15) is 27.6 Å². The minimum absolute atomic E-state index is 0.0935. The quantitative estimate of drug-likeness (QED) is 0.685. The minimum Gasteiger partial charge on any atom is -0.380 e. The lowest BCUT2D eigenvalue weighted by Gasteiger charge is -2.09. The first-order valence-electron chi connectivity index (χ1n) is 5.41. The smallest absolute Gasteiger partial charge is 0.253 e. The van der Waals surface area contributed by atoms with Crippen molar-refractivity contribution in [3.8, 4) is 0 Å². The highest BCUT2D eigenvalue weighted by atomic mass is 19.2. The standard InChI is InChI=1S/C11H10F4N4/c1-19-6(3-5-17-19)2-4-16-9-7(12)10(14)18-11(15)8(9)13/h3,5H,2,4H2,1H3,(H,16,18). The normalized spacial score (nSPS) is 10.8. The Kier molecular flexibility index (Phi) is 3.68. The highest BCUT2D eigenvalue weighted by molar-refractivity contribution is 5.45. The van der Waals surface area contributed by atoms with Crippen LogP contribution in [-0.2, 0) is 13.5 Å². The molecule has 0 bridgehead atoms. The highest BCUT2D eigenvalue weighted by Crippen LogP contribution is 2.21. The molecule has 102 valence electrons. The molecule has 0 aliphatic carbocycles. The van der Waals surface area contributed by atoms with Crippen molar-refractivity contribution in [1.82, 2.24) is 14.8 Å². The Hall–Kier alpha value is -2.12. The summed E-state index contributed by atoms with van der Waals surface area (Å²) in [6.07, 6.45) is 1.96. The summed E-state index contributed by atoms with van der Waals surface area (Å²) in [5.41, 5.74) is -0.0458. The van der Waals surface area contributed by atoms with Crippen molar-refractivity contribution >= 4 is 5.69 Å². The lowest BCUT2D eigenvalue weighted by molar-refractivity contribution is 0.410. The molecule has 0 atom stereocenters. The summed E-state index contributed by atoms with van der Waals surface area (Å²) >= 11 is 0. The average Bonchev–Trinajstić information content (AvgIpc) is 2.77. The lowest BCUT2D eigenvalue weighted by atomic mass is 10.3.